The first kappa shape index (κ1) is 18.3. The molecule has 1 amide bonds. The Kier molecular flexibility index (Phi) is 7.49. The summed E-state index contributed by atoms with van der Waals surface area (Å²) in [7, 11) is 0. The molecule has 1 aliphatic rings. The van der Waals surface area contributed by atoms with Gasteiger partial charge in [-0.1, -0.05) is 26.7 Å². The topological polar surface area (TPSA) is 32.3 Å². The van der Waals surface area contributed by atoms with Crippen LogP contribution in [-0.2, 0) is 4.79 Å². The van der Waals surface area contributed by atoms with Crippen molar-refractivity contribution in [2.24, 2.45) is 11.8 Å². The van der Waals surface area contributed by atoms with Crippen LogP contribution in [0.3, 0.4) is 0 Å². The second kappa shape index (κ2) is 8.61. The van der Waals surface area contributed by atoms with E-state index in [9.17, 15) is 18.0 Å². The van der Waals surface area contributed by atoms with E-state index in [1.54, 1.807) is 0 Å². The molecule has 0 saturated carbocycles. The summed E-state index contributed by atoms with van der Waals surface area (Å²) in [4.78, 5) is 13.3. The molecule has 6 heteroatoms. The Balaban J connectivity index is 2.29. The van der Waals surface area contributed by atoms with Crippen molar-refractivity contribution in [1.29, 1.82) is 0 Å². The number of hydrogen-bond donors (Lipinski definition) is 1. The first-order chi connectivity index (χ1) is 9.81. The van der Waals surface area contributed by atoms with E-state index in [2.05, 4.69) is 12.2 Å². The van der Waals surface area contributed by atoms with Gasteiger partial charge in [-0.3, -0.25) is 9.69 Å². The predicted molar refractivity (Wildman–Crippen MR) is 76.9 cm³/mol. The Morgan fingerprint density at radius 1 is 1.43 bits per heavy atom. The maximum Gasteiger partial charge on any atom is 0.401 e. The number of carbonyl (C=O) groups is 1. The molecular formula is C15H27F3N2O. The number of alkyl halides is 3. The highest BCUT2D eigenvalue weighted by atomic mass is 19.4. The van der Waals surface area contributed by atoms with Crippen molar-refractivity contribution in [3.05, 3.63) is 0 Å². The van der Waals surface area contributed by atoms with E-state index in [1.165, 1.54) is 4.90 Å². The number of carbonyl (C=O) groups excluding carboxylic acids is 1. The Hall–Kier alpha value is -0.780. The van der Waals surface area contributed by atoms with Gasteiger partial charge < -0.3 is 5.32 Å². The molecule has 21 heavy (non-hydrogen) atoms. The number of nitrogens with zero attached hydrogens (tertiary/aromatic N) is 1. The van der Waals surface area contributed by atoms with E-state index in [-0.39, 0.29) is 17.7 Å². The highest BCUT2D eigenvalue weighted by Crippen LogP contribution is 2.22. The van der Waals surface area contributed by atoms with Gasteiger partial charge in [-0.05, 0) is 31.7 Å². The van der Waals surface area contributed by atoms with Gasteiger partial charge in [0.1, 0.15) is 0 Å². The fraction of sp³-hybridized carbons (Fsp3) is 0.933. The first-order valence-corrected chi connectivity index (χ1v) is 7.88. The van der Waals surface area contributed by atoms with Crippen molar-refractivity contribution in [2.45, 2.75) is 52.1 Å². The molecule has 0 aromatic heterocycles. The lowest BCUT2D eigenvalue weighted by atomic mass is 9.97. The minimum Gasteiger partial charge on any atom is -0.356 e. The number of nitrogens with one attached hydrogen (secondary N) is 1. The fourth-order valence-corrected chi connectivity index (χ4v) is 2.78. The minimum atomic E-state index is -4.14. The maximum absolute atomic E-state index is 12.4. The summed E-state index contributed by atoms with van der Waals surface area (Å²) in [5.41, 5.74) is 0. The molecule has 2 unspecified atom stereocenters. The summed E-state index contributed by atoms with van der Waals surface area (Å²) < 4.78 is 37.2. The highest BCUT2D eigenvalue weighted by Gasteiger charge is 2.33. The lowest BCUT2D eigenvalue weighted by Crippen LogP contribution is -2.45. The lowest BCUT2D eigenvalue weighted by molar-refractivity contribution is -0.149. The molecule has 1 N–H and O–H groups in total. The van der Waals surface area contributed by atoms with Gasteiger partial charge in [-0.25, -0.2) is 0 Å². The normalized spacial score (nSPS) is 22.0. The van der Waals surface area contributed by atoms with Gasteiger partial charge in [0.2, 0.25) is 5.91 Å². The molecule has 0 aromatic rings. The summed E-state index contributed by atoms with van der Waals surface area (Å²) in [5.74, 6) is 0.139. The van der Waals surface area contributed by atoms with Crippen molar-refractivity contribution in [3.8, 4) is 0 Å². The zero-order valence-corrected chi connectivity index (χ0v) is 13.0. The number of piperidine rings is 1. The molecule has 0 bridgehead atoms. The Bertz CT molecular complexity index is 321. The van der Waals surface area contributed by atoms with Gasteiger partial charge in [0, 0.05) is 19.0 Å². The summed E-state index contributed by atoms with van der Waals surface area (Å²) in [5, 5.41) is 2.90. The molecule has 124 valence electrons. The van der Waals surface area contributed by atoms with Crippen LogP contribution in [0.1, 0.15) is 46.0 Å². The molecule has 0 aromatic carbocycles. The lowest BCUT2D eigenvalue weighted by Gasteiger charge is -2.33. The van der Waals surface area contributed by atoms with E-state index >= 15 is 0 Å². The van der Waals surface area contributed by atoms with Crippen molar-refractivity contribution in [1.82, 2.24) is 10.2 Å². The summed E-state index contributed by atoms with van der Waals surface area (Å²) >= 11 is 0. The second-order valence-corrected chi connectivity index (χ2v) is 6.15. The molecule has 1 aliphatic heterocycles. The number of unbranched alkanes of at least 4 members (excludes halogenated alkanes) is 1. The van der Waals surface area contributed by atoms with Crippen molar-refractivity contribution in [3.63, 3.8) is 0 Å². The maximum atomic E-state index is 12.4. The van der Waals surface area contributed by atoms with Crippen LogP contribution in [0.15, 0.2) is 0 Å². The van der Waals surface area contributed by atoms with Crippen LogP contribution in [0.5, 0.6) is 0 Å². The van der Waals surface area contributed by atoms with Crippen molar-refractivity contribution in [2.75, 3.05) is 26.2 Å². The van der Waals surface area contributed by atoms with E-state index < -0.39 is 12.7 Å². The molecule has 1 saturated heterocycles. The van der Waals surface area contributed by atoms with Crippen molar-refractivity contribution < 1.29 is 18.0 Å². The quantitative estimate of drug-likeness (QED) is 0.783. The van der Waals surface area contributed by atoms with Crippen LogP contribution < -0.4 is 5.32 Å². The second-order valence-electron chi connectivity index (χ2n) is 6.15. The molecule has 0 aliphatic carbocycles. The number of halogens is 3. The SMILES string of the molecule is CCCCC(C)C(=O)NCC1CCCN(CC(F)(F)F)C1. The van der Waals surface area contributed by atoms with Crippen molar-refractivity contribution >= 4 is 5.91 Å². The number of hydrogen-bond acceptors (Lipinski definition) is 2. The molecule has 1 heterocycles. The van der Waals surface area contributed by atoms with Gasteiger partial charge in [0.25, 0.3) is 0 Å². The van der Waals surface area contributed by atoms with E-state index in [0.717, 1.165) is 32.1 Å². The zero-order valence-electron chi connectivity index (χ0n) is 13.0. The van der Waals surface area contributed by atoms with Gasteiger partial charge in [-0.15, -0.1) is 0 Å². The monoisotopic (exact) mass is 308 g/mol. The standard InChI is InChI=1S/C15H27F3N2O/c1-3-4-6-12(2)14(21)19-9-13-7-5-8-20(10-13)11-15(16,17)18/h12-13H,3-11H2,1-2H3,(H,19,21). The fourth-order valence-electron chi connectivity index (χ4n) is 2.78. The molecule has 2 atom stereocenters. The van der Waals surface area contributed by atoms with Crippen LogP contribution >= 0.6 is 0 Å². The van der Waals surface area contributed by atoms with E-state index in [1.807, 2.05) is 6.92 Å². The molecule has 1 fully saturated rings. The first-order valence-electron chi connectivity index (χ1n) is 7.88. The minimum absolute atomic E-state index is 0.0141. The zero-order chi connectivity index (χ0) is 15.9. The average Bonchev–Trinajstić information content (AvgIpc) is 2.40. The molecule has 0 spiro atoms. The molecular weight excluding hydrogens is 281 g/mol. The number of rotatable bonds is 7. The summed E-state index contributed by atoms with van der Waals surface area (Å²) in [6.07, 6.45) is 0.469. The van der Waals surface area contributed by atoms with Crippen LogP contribution in [-0.4, -0.2) is 43.2 Å². The van der Waals surface area contributed by atoms with Gasteiger partial charge in [-0.2, -0.15) is 13.2 Å². The predicted octanol–water partition coefficient (Wildman–Crippen LogP) is 3.20. The summed E-state index contributed by atoms with van der Waals surface area (Å²) in [6, 6.07) is 0. The Morgan fingerprint density at radius 2 is 2.14 bits per heavy atom. The van der Waals surface area contributed by atoms with Gasteiger partial charge >= 0.3 is 6.18 Å². The third-order valence-electron chi connectivity index (χ3n) is 4.01. The van der Waals surface area contributed by atoms with Gasteiger partial charge in [0.15, 0.2) is 0 Å². The highest BCUT2D eigenvalue weighted by molar-refractivity contribution is 5.78. The number of likely N-dealkylation sites (tertiary alicyclic amines) is 1. The smallest absolute Gasteiger partial charge is 0.356 e. The average molecular weight is 308 g/mol. The molecule has 1 rings (SSSR count). The summed E-state index contributed by atoms with van der Waals surface area (Å²) in [6.45, 7) is 4.55. The largest absolute Gasteiger partial charge is 0.401 e. The van der Waals surface area contributed by atoms with Crippen LogP contribution in [0.2, 0.25) is 0 Å². The third-order valence-corrected chi connectivity index (χ3v) is 4.01. The van der Waals surface area contributed by atoms with Crippen LogP contribution in [0, 0.1) is 11.8 Å². The third kappa shape index (κ3) is 7.69. The number of amides is 1. The van der Waals surface area contributed by atoms with Crippen LogP contribution in [0.25, 0.3) is 0 Å². The Morgan fingerprint density at radius 3 is 2.76 bits per heavy atom. The molecule has 3 nitrogen and oxygen atoms in total. The van der Waals surface area contributed by atoms with Gasteiger partial charge in [0.05, 0.1) is 6.54 Å². The molecule has 0 radical (unpaired) electrons. The van der Waals surface area contributed by atoms with E-state index in [4.69, 9.17) is 0 Å². The van der Waals surface area contributed by atoms with Crippen LogP contribution in [0.4, 0.5) is 13.2 Å². The Labute approximate surface area is 125 Å². The van der Waals surface area contributed by atoms with E-state index in [0.29, 0.717) is 19.6 Å².